The van der Waals surface area contributed by atoms with Crippen LogP contribution in [0.2, 0.25) is 0 Å². The van der Waals surface area contributed by atoms with Crippen molar-refractivity contribution in [2.24, 2.45) is 0 Å². The van der Waals surface area contributed by atoms with E-state index in [1.165, 1.54) is 6.08 Å². The van der Waals surface area contributed by atoms with Crippen LogP contribution in [0.3, 0.4) is 0 Å². The van der Waals surface area contributed by atoms with Crippen LogP contribution in [0.15, 0.2) is 37.5 Å². The van der Waals surface area contributed by atoms with E-state index in [0.717, 1.165) is 6.08 Å². The van der Waals surface area contributed by atoms with Crippen molar-refractivity contribution in [1.82, 2.24) is 0 Å². The summed E-state index contributed by atoms with van der Waals surface area (Å²) in [6.45, 7) is 11.7. The SMILES string of the molecule is C=CC#CC(=C)C(C(=O)C=C)P(=O)(O)OCC. The molecule has 0 bridgehead atoms. The van der Waals surface area contributed by atoms with Crippen LogP contribution in [0.4, 0.5) is 0 Å². The second-order valence-corrected chi connectivity index (χ2v) is 4.89. The van der Waals surface area contributed by atoms with E-state index in [4.69, 9.17) is 4.52 Å². The Morgan fingerprint density at radius 1 is 1.59 bits per heavy atom. The number of carbonyl (C=O) groups excluding carboxylic acids is 1. The standard InChI is InChI=1S/C12H15O4P/c1-5-8-9-10(4)12(11(13)6-2)17(14,15)16-7-3/h5-6,12H,1-2,4,7H2,3H3,(H,14,15). The first-order valence-corrected chi connectivity index (χ1v) is 6.49. The molecule has 0 saturated heterocycles. The van der Waals surface area contributed by atoms with Gasteiger partial charge in [-0.2, -0.15) is 0 Å². The lowest BCUT2D eigenvalue weighted by Gasteiger charge is -2.19. The van der Waals surface area contributed by atoms with Gasteiger partial charge in [0.1, 0.15) is 0 Å². The summed E-state index contributed by atoms with van der Waals surface area (Å²) in [6, 6.07) is 0. The van der Waals surface area contributed by atoms with Gasteiger partial charge in [-0.05, 0) is 19.1 Å². The Bertz CT molecular complexity index is 439. The number of hydrogen-bond donors (Lipinski definition) is 1. The molecular weight excluding hydrogens is 239 g/mol. The lowest BCUT2D eigenvalue weighted by molar-refractivity contribution is -0.113. The van der Waals surface area contributed by atoms with Gasteiger partial charge in [-0.1, -0.05) is 31.6 Å². The molecule has 4 nitrogen and oxygen atoms in total. The Balaban J connectivity index is 5.35. The van der Waals surface area contributed by atoms with Crippen molar-refractivity contribution in [2.45, 2.75) is 12.6 Å². The molecule has 0 heterocycles. The Morgan fingerprint density at radius 3 is 2.59 bits per heavy atom. The van der Waals surface area contributed by atoms with Gasteiger partial charge < -0.3 is 9.42 Å². The minimum Gasteiger partial charge on any atom is -0.324 e. The van der Waals surface area contributed by atoms with Crippen LogP contribution < -0.4 is 0 Å². The van der Waals surface area contributed by atoms with Crippen molar-refractivity contribution in [1.29, 1.82) is 0 Å². The van der Waals surface area contributed by atoms with Crippen molar-refractivity contribution in [3.05, 3.63) is 37.5 Å². The molecule has 0 fully saturated rings. The van der Waals surface area contributed by atoms with Crippen LogP contribution in [0.1, 0.15) is 6.92 Å². The predicted octanol–water partition coefficient (Wildman–Crippen LogP) is 2.08. The summed E-state index contributed by atoms with van der Waals surface area (Å²) in [7, 11) is -4.13. The van der Waals surface area contributed by atoms with E-state index in [1.54, 1.807) is 6.92 Å². The third kappa shape index (κ3) is 4.54. The van der Waals surface area contributed by atoms with Gasteiger partial charge in [-0.25, -0.2) is 0 Å². The average Bonchev–Trinajstić information content (AvgIpc) is 2.25. The molecule has 17 heavy (non-hydrogen) atoms. The summed E-state index contributed by atoms with van der Waals surface area (Å²) >= 11 is 0. The molecule has 2 atom stereocenters. The second-order valence-electron chi connectivity index (χ2n) is 2.99. The molecule has 92 valence electrons. The van der Waals surface area contributed by atoms with Gasteiger partial charge in [0, 0.05) is 5.57 Å². The number of rotatable bonds is 6. The van der Waals surface area contributed by atoms with Crippen molar-refractivity contribution in [3.8, 4) is 11.8 Å². The Hall–Kier alpha value is -1.40. The molecule has 0 amide bonds. The average molecular weight is 254 g/mol. The molecule has 0 aromatic heterocycles. The fraction of sp³-hybridized carbons (Fsp3) is 0.250. The molecule has 0 aliphatic heterocycles. The molecule has 0 saturated carbocycles. The molecule has 0 spiro atoms. The molecule has 0 aromatic rings. The zero-order valence-corrected chi connectivity index (χ0v) is 10.6. The van der Waals surface area contributed by atoms with Crippen molar-refractivity contribution >= 4 is 13.4 Å². The normalized spacial score (nSPS) is 14.7. The monoisotopic (exact) mass is 254 g/mol. The van der Waals surface area contributed by atoms with Crippen LogP contribution in [-0.2, 0) is 13.9 Å². The molecule has 0 radical (unpaired) electrons. The molecule has 0 aliphatic carbocycles. The number of allylic oxidation sites excluding steroid dienone is 3. The summed E-state index contributed by atoms with van der Waals surface area (Å²) in [5.41, 5.74) is -1.39. The van der Waals surface area contributed by atoms with E-state index in [0.29, 0.717) is 0 Å². The summed E-state index contributed by atoms with van der Waals surface area (Å²) in [5, 5.41) is 0. The third-order valence-corrected chi connectivity index (χ3v) is 3.62. The molecular formula is C12H15O4P. The first kappa shape index (κ1) is 15.6. The fourth-order valence-corrected chi connectivity index (χ4v) is 2.52. The molecule has 0 aliphatic rings. The van der Waals surface area contributed by atoms with E-state index in [1.807, 2.05) is 0 Å². The highest BCUT2D eigenvalue weighted by Crippen LogP contribution is 2.50. The van der Waals surface area contributed by atoms with Crippen LogP contribution in [-0.4, -0.2) is 22.9 Å². The third-order valence-electron chi connectivity index (χ3n) is 1.78. The Labute approximate surface area is 101 Å². The molecule has 0 rings (SSSR count). The highest BCUT2D eigenvalue weighted by atomic mass is 31.2. The second kappa shape index (κ2) is 7.03. The van der Waals surface area contributed by atoms with Crippen LogP contribution in [0, 0.1) is 11.8 Å². The van der Waals surface area contributed by atoms with Crippen molar-refractivity contribution in [3.63, 3.8) is 0 Å². The quantitative estimate of drug-likeness (QED) is 0.448. The largest absolute Gasteiger partial charge is 0.343 e. The summed E-state index contributed by atoms with van der Waals surface area (Å²) in [5.74, 6) is 4.28. The Morgan fingerprint density at radius 2 is 2.18 bits per heavy atom. The first-order chi connectivity index (χ1) is 7.90. The van der Waals surface area contributed by atoms with Gasteiger partial charge in [0.05, 0.1) is 6.61 Å². The van der Waals surface area contributed by atoms with E-state index >= 15 is 0 Å². The lowest BCUT2D eigenvalue weighted by Crippen LogP contribution is -2.22. The molecule has 2 unspecified atom stereocenters. The highest BCUT2D eigenvalue weighted by molar-refractivity contribution is 7.55. The van der Waals surface area contributed by atoms with E-state index < -0.39 is 19.0 Å². The van der Waals surface area contributed by atoms with Gasteiger partial charge in [-0.15, -0.1) is 0 Å². The number of ketones is 1. The zero-order valence-electron chi connectivity index (χ0n) is 9.68. The fourth-order valence-electron chi connectivity index (χ4n) is 1.11. The first-order valence-electron chi connectivity index (χ1n) is 4.85. The van der Waals surface area contributed by atoms with E-state index in [9.17, 15) is 14.3 Å². The summed E-state index contributed by atoms with van der Waals surface area (Å²) in [6.07, 6.45) is 2.25. The Kier molecular flexibility index (Phi) is 6.45. The number of carbonyl (C=O) groups is 1. The van der Waals surface area contributed by atoms with Gasteiger partial charge in [-0.3, -0.25) is 9.36 Å². The van der Waals surface area contributed by atoms with Crippen LogP contribution >= 0.6 is 7.60 Å². The zero-order chi connectivity index (χ0) is 13.5. The van der Waals surface area contributed by atoms with Gasteiger partial charge >= 0.3 is 7.60 Å². The van der Waals surface area contributed by atoms with Gasteiger partial charge in [0.25, 0.3) is 0 Å². The summed E-state index contributed by atoms with van der Waals surface area (Å²) in [4.78, 5) is 21.2. The van der Waals surface area contributed by atoms with Crippen LogP contribution in [0.25, 0.3) is 0 Å². The lowest BCUT2D eigenvalue weighted by atomic mass is 10.1. The minimum atomic E-state index is -4.13. The van der Waals surface area contributed by atoms with Crippen molar-refractivity contribution in [2.75, 3.05) is 6.61 Å². The van der Waals surface area contributed by atoms with Crippen LogP contribution in [0.5, 0.6) is 0 Å². The predicted molar refractivity (Wildman–Crippen MR) is 67.6 cm³/mol. The summed E-state index contributed by atoms with van der Waals surface area (Å²) < 4.78 is 16.5. The van der Waals surface area contributed by atoms with E-state index in [-0.39, 0.29) is 12.2 Å². The van der Waals surface area contributed by atoms with Gasteiger partial charge in [0.15, 0.2) is 11.4 Å². The van der Waals surface area contributed by atoms with Crippen molar-refractivity contribution < 1.29 is 18.8 Å². The molecule has 5 heteroatoms. The highest BCUT2D eigenvalue weighted by Gasteiger charge is 2.38. The maximum atomic E-state index is 11.8. The van der Waals surface area contributed by atoms with Gasteiger partial charge in [0.2, 0.25) is 0 Å². The minimum absolute atomic E-state index is 0.00841. The molecule has 0 aromatic carbocycles. The molecule has 1 N–H and O–H groups in total. The topological polar surface area (TPSA) is 63.6 Å². The maximum absolute atomic E-state index is 11.8. The van der Waals surface area contributed by atoms with E-state index in [2.05, 4.69) is 31.6 Å². The maximum Gasteiger partial charge on any atom is 0.343 e. The number of hydrogen-bond acceptors (Lipinski definition) is 3. The smallest absolute Gasteiger partial charge is 0.324 e.